The number of amides is 1. The standard InChI is InChI=1S/C11H11BrFNO/c12-9-5-6-14(11(9)15)7-8-3-1-2-4-10(8)13/h1-4,9H,5-7H2. The topological polar surface area (TPSA) is 20.3 Å². The third-order valence-electron chi connectivity index (χ3n) is 2.55. The van der Waals surface area contributed by atoms with Crippen LogP contribution in [0, 0.1) is 5.82 Å². The number of carbonyl (C=O) groups excluding carboxylic acids is 1. The molecule has 1 saturated heterocycles. The van der Waals surface area contributed by atoms with Gasteiger partial charge in [-0.05, 0) is 12.5 Å². The number of nitrogens with zero attached hydrogens (tertiary/aromatic N) is 1. The first-order chi connectivity index (χ1) is 7.18. The quantitative estimate of drug-likeness (QED) is 0.757. The van der Waals surface area contributed by atoms with Gasteiger partial charge in [0.15, 0.2) is 0 Å². The zero-order valence-corrected chi connectivity index (χ0v) is 9.71. The molecular weight excluding hydrogens is 261 g/mol. The van der Waals surface area contributed by atoms with Crippen LogP contribution in [-0.2, 0) is 11.3 Å². The third-order valence-corrected chi connectivity index (χ3v) is 3.40. The van der Waals surface area contributed by atoms with Gasteiger partial charge < -0.3 is 4.90 Å². The maximum absolute atomic E-state index is 13.3. The Labute approximate surface area is 96.2 Å². The number of halogens is 2. The second-order valence-corrected chi connectivity index (χ2v) is 4.71. The summed E-state index contributed by atoms with van der Waals surface area (Å²) in [5, 5.41) is 0. The molecule has 1 amide bonds. The summed E-state index contributed by atoms with van der Waals surface area (Å²) in [6, 6.07) is 6.56. The molecule has 4 heteroatoms. The summed E-state index contributed by atoms with van der Waals surface area (Å²) in [5.74, 6) is -0.193. The van der Waals surface area contributed by atoms with Crippen molar-refractivity contribution in [1.29, 1.82) is 0 Å². The molecule has 2 rings (SSSR count). The van der Waals surface area contributed by atoms with Crippen LogP contribution >= 0.6 is 15.9 Å². The zero-order valence-electron chi connectivity index (χ0n) is 8.12. The SMILES string of the molecule is O=C1C(Br)CCN1Cc1ccccc1F. The van der Waals surface area contributed by atoms with Crippen molar-refractivity contribution in [3.63, 3.8) is 0 Å². The minimum absolute atomic E-state index is 0.0539. The molecule has 1 aromatic rings. The number of carbonyl (C=O) groups is 1. The average molecular weight is 272 g/mol. The summed E-state index contributed by atoms with van der Waals surface area (Å²) in [6.45, 7) is 1.07. The third kappa shape index (κ3) is 2.20. The maximum Gasteiger partial charge on any atom is 0.236 e. The Kier molecular flexibility index (Phi) is 3.05. The van der Waals surface area contributed by atoms with E-state index in [4.69, 9.17) is 0 Å². The van der Waals surface area contributed by atoms with Gasteiger partial charge in [0.1, 0.15) is 5.82 Å². The van der Waals surface area contributed by atoms with Crippen LogP contribution in [0.1, 0.15) is 12.0 Å². The number of likely N-dealkylation sites (tertiary alicyclic amines) is 1. The molecule has 1 heterocycles. The molecule has 1 aliphatic rings. The van der Waals surface area contributed by atoms with E-state index in [1.165, 1.54) is 6.07 Å². The van der Waals surface area contributed by atoms with E-state index >= 15 is 0 Å². The molecule has 1 aliphatic heterocycles. The van der Waals surface area contributed by atoms with E-state index in [0.29, 0.717) is 18.7 Å². The lowest BCUT2D eigenvalue weighted by atomic mass is 10.2. The normalized spacial score (nSPS) is 21.1. The minimum Gasteiger partial charge on any atom is -0.337 e. The van der Waals surface area contributed by atoms with Crippen molar-refractivity contribution in [3.8, 4) is 0 Å². The van der Waals surface area contributed by atoms with Gasteiger partial charge in [0, 0.05) is 18.7 Å². The molecule has 1 unspecified atom stereocenters. The molecule has 0 aromatic heterocycles. The van der Waals surface area contributed by atoms with Crippen molar-refractivity contribution in [2.24, 2.45) is 0 Å². The van der Waals surface area contributed by atoms with Crippen LogP contribution < -0.4 is 0 Å². The largest absolute Gasteiger partial charge is 0.337 e. The highest BCUT2D eigenvalue weighted by atomic mass is 79.9. The molecule has 0 aliphatic carbocycles. The van der Waals surface area contributed by atoms with Gasteiger partial charge in [0.05, 0.1) is 4.83 Å². The molecule has 0 radical (unpaired) electrons. The summed E-state index contributed by atoms with van der Waals surface area (Å²) < 4.78 is 13.3. The Balaban J connectivity index is 2.10. The van der Waals surface area contributed by atoms with Gasteiger partial charge >= 0.3 is 0 Å². The molecule has 2 nitrogen and oxygen atoms in total. The smallest absolute Gasteiger partial charge is 0.236 e. The Bertz CT molecular complexity index is 383. The first kappa shape index (κ1) is 10.6. The van der Waals surface area contributed by atoms with Crippen LogP contribution in [0.15, 0.2) is 24.3 Å². The molecule has 1 aromatic carbocycles. The first-order valence-electron chi connectivity index (χ1n) is 4.85. The van der Waals surface area contributed by atoms with Crippen LogP contribution in [0.4, 0.5) is 4.39 Å². The summed E-state index contributed by atoms with van der Waals surface area (Å²) in [7, 11) is 0. The molecule has 0 N–H and O–H groups in total. The van der Waals surface area contributed by atoms with Crippen LogP contribution in [-0.4, -0.2) is 22.2 Å². The van der Waals surface area contributed by atoms with Crippen LogP contribution in [0.2, 0.25) is 0 Å². The van der Waals surface area contributed by atoms with E-state index in [2.05, 4.69) is 15.9 Å². The number of alkyl halides is 1. The molecular formula is C11H11BrFNO. The van der Waals surface area contributed by atoms with E-state index < -0.39 is 0 Å². The van der Waals surface area contributed by atoms with Crippen LogP contribution in [0.5, 0.6) is 0 Å². The number of benzene rings is 1. The predicted molar refractivity (Wildman–Crippen MR) is 59.1 cm³/mol. The van der Waals surface area contributed by atoms with Gasteiger partial charge in [-0.2, -0.15) is 0 Å². The van der Waals surface area contributed by atoms with Crippen LogP contribution in [0.3, 0.4) is 0 Å². The molecule has 15 heavy (non-hydrogen) atoms. The van der Waals surface area contributed by atoms with Crippen molar-refractivity contribution < 1.29 is 9.18 Å². The summed E-state index contributed by atoms with van der Waals surface area (Å²) in [4.78, 5) is 13.2. The van der Waals surface area contributed by atoms with Crippen molar-refractivity contribution >= 4 is 21.8 Å². The lowest BCUT2D eigenvalue weighted by Crippen LogP contribution is -2.27. The first-order valence-corrected chi connectivity index (χ1v) is 5.76. The van der Waals surface area contributed by atoms with Gasteiger partial charge in [0.2, 0.25) is 5.91 Å². The molecule has 0 bridgehead atoms. The van der Waals surface area contributed by atoms with Crippen molar-refractivity contribution in [2.45, 2.75) is 17.8 Å². The molecule has 0 spiro atoms. The average Bonchev–Trinajstić information content (AvgIpc) is 2.53. The fraction of sp³-hybridized carbons (Fsp3) is 0.364. The van der Waals surface area contributed by atoms with Crippen molar-refractivity contribution in [3.05, 3.63) is 35.6 Å². The van der Waals surface area contributed by atoms with Gasteiger partial charge in [-0.3, -0.25) is 4.79 Å². The molecule has 80 valence electrons. The van der Waals surface area contributed by atoms with Gasteiger partial charge in [0.25, 0.3) is 0 Å². The van der Waals surface area contributed by atoms with Gasteiger partial charge in [-0.25, -0.2) is 4.39 Å². The summed E-state index contributed by atoms with van der Waals surface area (Å²) in [6.07, 6.45) is 0.799. The second-order valence-electron chi connectivity index (χ2n) is 3.61. The predicted octanol–water partition coefficient (Wildman–Crippen LogP) is 2.32. The Morgan fingerprint density at radius 1 is 1.47 bits per heavy atom. The highest BCUT2D eigenvalue weighted by Gasteiger charge is 2.29. The second kappa shape index (κ2) is 4.31. The Morgan fingerprint density at radius 2 is 2.20 bits per heavy atom. The number of hydrogen-bond donors (Lipinski definition) is 0. The Morgan fingerprint density at radius 3 is 2.80 bits per heavy atom. The van der Waals surface area contributed by atoms with E-state index in [9.17, 15) is 9.18 Å². The highest BCUT2D eigenvalue weighted by molar-refractivity contribution is 9.10. The minimum atomic E-state index is -0.247. The summed E-state index contributed by atoms with van der Waals surface area (Å²) >= 11 is 3.29. The van der Waals surface area contributed by atoms with Crippen molar-refractivity contribution in [2.75, 3.05) is 6.54 Å². The lowest BCUT2D eigenvalue weighted by Gasteiger charge is -2.16. The lowest BCUT2D eigenvalue weighted by molar-refractivity contribution is -0.127. The molecule has 1 atom stereocenters. The summed E-state index contributed by atoms with van der Waals surface area (Å²) in [5.41, 5.74) is 0.576. The van der Waals surface area contributed by atoms with E-state index in [1.807, 2.05) is 0 Å². The van der Waals surface area contributed by atoms with Crippen molar-refractivity contribution in [1.82, 2.24) is 4.90 Å². The van der Waals surface area contributed by atoms with Gasteiger partial charge in [-0.1, -0.05) is 34.1 Å². The monoisotopic (exact) mass is 271 g/mol. The number of hydrogen-bond acceptors (Lipinski definition) is 1. The van der Waals surface area contributed by atoms with Crippen LogP contribution in [0.25, 0.3) is 0 Å². The Hall–Kier alpha value is -0.900. The molecule has 1 fully saturated rings. The fourth-order valence-corrected chi connectivity index (χ4v) is 2.18. The van der Waals surface area contributed by atoms with E-state index in [0.717, 1.165) is 6.42 Å². The fourth-order valence-electron chi connectivity index (χ4n) is 1.69. The molecule has 0 saturated carbocycles. The van der Waals surface area contributed by atoms with E-state index in [-0.39, 0.29) is 16.6 Å². The number of rotatable bonds is 2. The van der Waals surface area contributed by atoms with E-state index in [1.54, 1.807) is 23.1 Å². The van der Waals surface area contributed by atoms with Gasteiger partial charge in [-0.15, -0.1) is 0 Å². The zero-order chi connectivity index (χ0) is 10.8. The highest BCUT2D eigenvalue weighted by Crippen LogP contribution is 2.21. The maximum atomic E-state index is 13.3.